The first kappa shape index (κ1) is 13.3. The number of rotatable bonds is 2. The molecule has 0 aromatic carbocycles. The van der Waals surface area contributed by atoms with Crippen molar-refractivity contribution >= 4 is 26.6 Å². The molecular weight excluding hydrogens is 276 g/mol. The zero-order chi connectivity index (χ0) is 14.2. The Bertz CT molecular complexity index is 719. The number of sulfonamides is 1. The molecule has 0 atom stereocenters. The Labute approximate surface area is 118 Å². The Morgan fingerprint density at radius 2 is 1.90 bits per heavy atom. The van der Waals surface area contributed by atoms with Crippen LogP contribution in [0.1, 0.15) is 0 Å². The zero-order valence-corrected chi connectivity index (χ0v) is 12.0. The number of piperazine rings is 1. The van der Waals surface area contributed by atoms with Crippen LogP contribution in [0.2, 0.25) is 0 Å². The van der Waals surface area contributed by atoms with Crippen molar-refractivity contribution in [3.05, 3.63) is 30.7 Å². The zero-order valence-electron chi connectivity index (χ0n) is 11.2. The van der Waals surface area contributed by atoms with Crippen LogP contribution >= 0.6 is 0 Å². The Kier molecular flexibility index (Phi) is 3.31. The Morgan fingerprint density at radius 3 is 2.60 bits per heavy atom. The number of hydrogen-bond donors (Lipinski definition) is 0. The van der Waals surface area contributed by atoms with Gasteiger partial charge >= 0.3 is 0 Å². The Hall–Kier alpha value is -1.73. The molecule has 0 N–H and O–H groups in total. The third-order valence-electron chi connectivity index (χ3n) is 3.54. The van der Waals surface area contributed by atoms with E-state index < -0.39 is 10.0 Å². The second-order valence-electron chi connectivity index (χ2n) is 4.88. The van der Waals surface area contributed by atoms with Gasteiger partial charge in [-0.2, -0.15) is 4.31 Å². The monoisotopic (exact) mass is 292 g/mol. The van der Waals surface area contributed by atoms with Crippen LogP contribution in [0.4, 0.5) is 5.69 Å². The highest BCUT2D eigenvalue weighted by atomic mass is 32.2. The summed E-state index contributed by atoms with van der Waals surface area (Å²) in [6.45, 7) is 2.32. The molecule has 3 rings (SSSR count). The molecule has 7 heteroatoms. The van der Waals surface area contributed by atoms with E-state index in [4.69, 9.17) is 0 Å². The van der Waals surface area contributed by atoms with Crippen molar-refractivity contribution in [2.45, 2.75) is 0 Å². The fourth-order valence-electron chi connectivity index (χ4n) is 2.48. The first-order valence-electron chi connectivity index (χ1n) is 6.44. The summed E-state index contributed by atoms with van der Waals surface area (Å²) in [5.41, 5.74) is 1.88. The summed E-state index contributed by atoms with van der Waals surface area (Å²) in [7, 11) is -3.10. The van der Waals surface area contributed by atoms with Gasteiger partial charge in [0.2, 0.25) is 10.0 Å². The van der Waals surface area contributed by atoms with Crippen molar-refractivity contribution in [2.24, 2.45) is 0 Å². The average Bonchev–Trinajstić information content (AvgIpc) is 2.46. The molecule has 1 aliphatic heterocycles. The molecule has 20 heavy (non-hydrogen) atoms. The van der Waals surface area contributed by atoms with E-state index in [9.17, 15) is 8.42 Å². The molecule has 0 radical (unpaired) electrons. The molecule has 6 nitrogen and oxygen atoms in total. The Balaban J connectivity index is 1.87. The van der Waals surface area contributed by atoms with Crippen LogP contribution in [0.3, 0.4) is 0 Å². The third kappa shape index (κ3) is 2.46. The van der Waals surface area contributed by atoms with Gasteiger partial charge in [0.05, 0.1) is 23.7 Å². The van der Waals surface area contributed by atoms with E-state index in [-0.39, 0.29) is 0 Å². The maximum atomic E-state index is 11.5. The van der Waals surface area contributed by atoms with E-state index >= 15 is 0 Å². The summed E-state index contributed by atoms with van der Waals surface area (Å²) < 4.78 is 24.6. The van der Waals surface area contributed by atoms with Crippen LogP contribution in [0, 0.1) is 0 Å². The molecule has 0 amide bonds. The van der Waals surface area contributed by atoms with Crippen LogP contribution < -0.4 is 4.90 Å². The molecule has 2 aromatic heterocycles. The van der Waals surface area contributed by atoms with Crippen molar-refractivity contribution < 1.29 is 8.42 Å². The van der Waals surface area contributed by atoms with Crippen molar-refractivity contribution in [2.75, 3.05) is 37.3 Å². The molecule has 106 valence electrons. The molecular formula is C13H16N4O2S. The van der Waals surface area contributed by atoms with Gasteiger partial charge in [-0.15, -0.1) is 0 Å². The van der Waals surface area contributed by atoms with Crippen LogP contribution in [0.5, 0.6) is 0 Å². The summed E-state index contributed by atoms with van der Waals surface area (Å²) in [4.78, 5) is 10.8. The molecule has 2 aromatic rings. The van der Waals surface area contributed by atoms with Crippen LogP contribution in [-0.2, 0) is 10.0 Å². The SMILES string of the molecule is CS(=O)(=O)N1CCN(c2cncc3cccnc23)CC1. The minimum absolute atomic E-state index is 0.502. The van der Waals surface area contributed by atoms with E-state index in [0.717, 1.165) is 16.6 Å². The Morgan fingerprint density at radius 1 is 1.15 bits per heavy atom. The van der Waals surface area contributed by atoms with Gasteiger partial charge in [0.15, 0.2) is 0 Å². The number of nitrogens with zero attached hydrogens (tertiary/aromatic N) is 4. The fraction of sp³-hybridized carbons (Fsp3) is 0.385. The highest BCUT2D eigenvalue weighted by Crippen LogP contribution is 2.24. The lowest BCUT2D eigenvalue weighted by atomic mass is 10.2. The summed E-state index contributed by atoms with van der Waals surface area (Å²) in [6.07, 6.45) is 6.60. The van der Waals surface area contributed by atoms with Gasteiger partial charge in [-0.1, -0.05) is 0 Å². The smallest absolute Gasteiger partial charge is 0.211 e. The van der Waals surface area contributed by atoms with E-state index in [2.05, 4.69) is 14.9 Å². The molecule has 0 spiro atoms. The van der Waals surface area contributed by atoms with E-state index in [1.165, 1.54) is 10.6 Å². The number of anilines is 1. The van der Waals surface area contributed by atoms with Crippen molar-refractivity contribution in [1.82, 2.24) is 14.3 Å². The summed E-state index contributed by atoms with van der Waals surface area (Å²) in [6, 6.07) is 3.86. The fourth-order valence-corrected chi connectivity index (χ4v) is 3.30. The largest absolute Gasteiger partial charge is 0.366 e. The van der Waals surface area contributed by atoms with E-state index in [1.54, 1.807) is 18.6 Å². The van der Waals surface area contributed by atoms with Gasteiger partial charge in [-0.3, -0.25) is 9.97 Å². The predicted octanol–water partition coefficient (Wildman–Crippen LogP) is 0.711. The van der Waals surface area contributed by atoms with Crippen LogP contribution in [0.25, 0.3) is 10.9 Å². The number of hydrogen-bond acceptors (Lipinski definition) is 5. The van der Waals surface area contributed by atoms with Crippen LogP contribution in [-0.4, -0.2) is 55.1 Å². The number of aromatic nitrogens is 2. The maximum Gasteiger partial charge on any atom is 0.211 e. The highest BCUT2D eigenvalue weighted by molar-refractivity contribution is 7.88. The molecule has 1 saturated heterocycles. The second-order valence-corrected chi connectivity index (χ2v) is 6.87. The van der Waals surface area contributed by atoms with Gasteiger partial charge in [0.25, 0.3) is 0 Å². The van der Waals surface area contributed by atoms with Gasteiger partial charge in [0.1, 0.15) is 0 Å². The van der Waals surface area contributed by atoms with Gasteiger partial charge in [-0.25, -0.2) is 8.42 Å². The first-order chi connectivity index (χ1) is 9.55. The third-order valence-corrected chi connectivity index (χ3v) is 4.84. The molecule has 3 heterocycles. The quantitative estimate of drug-likeness (QED) is 0.815. The lowest BCUT2D eigenvalue weighted by Gasteiger charge is -2.34. The van der Waals surface area contributed by atoms with Crippen molar-refractivity contribution in [1.29, 1.82) is 0 Å². The highest BCUT2D eigenvalue weighted by Gasteiger charge is 2.24. The molecule has 1 aliphatic rings. The number of fused-ring (bicyclic) bond motifs is 1. The minimum Gasteiger partial charge on any atom is -0.366 e. The molecule has 1 fully saturated rings. The molecule has 0 bridgehead atoms. The van der Waals surface area contributed by atoms with E-state index in [0.29, 0.717) is 26.2 Å². The summed E-state index contributed by atoms with van der Waals surface area (Å²) >= 11 is 0. The standard InChI is InChI=1S/C13H16N4O2S/c1-20(18,19)17-7-5-16(6-8-17)12-10-14-9-11-3-2-4-15-13(11)12/h2-4,9-10H,5-8H2,1H3. The predicted molar refractivity (Wildman–Crippen MR) is 78.2 cm³/mol. The van der Waals surface area contributed by atoms with Gasteiger partial charge in [-0.05, 0) is 12.1 Å². The topological polar surface area (TPSA) is 66.4 Å². The van der Waals surface area contributed by atoms with Gasteiger partial charge < -0.3 is 4.90 Å². The molecule has 0 saturated carbocycles. The van der Waals surface area contributed by atoms with Gasteiger partial charge in [0, 0.05) is 44.0 Å². The van der Waals surface area contributed by atoms with Crippen LogP contribution in [0.15, 0.2) is 30.7 Å². The molecule has 0 aliphatic carbocycles. The summed E-state index contributed by atoms with van der Waals surface area (Å²) in [5, 5.41) is 0.996. The normalized spacial score (nSPS) is 17.6. The lowest BCUT2D eigenvalue weighted by Crippen LogP contribution is -2.48. The summed E-state index contributed by atoms with van der Waals surface area (Å²) in [5.74, 6) is 0. The second kappa shape index (κ2) is 4.99. The van der Waals surface area contributed by atoms with E-state index in [1.807, 2.05) is 12.1 Å². The average molecular weight is 292 g/mol. The maximum absolute atomic E-state index is 11.5. The van der Waals surface area contributed by atoms with Crippen molar-refractivity contribution in [3.8, 4) is 0 Å². The first-order valence-corrected chi connectivity index (χ1v) is 8.29. The van der Waals surface area contributed by atoms with Crippen molar-refractivity contribution in [3.63, 3.8) is 0 Å². The molecule has 0 unspecified atom stereocenters. The lowest BCUT2D eigenvalue weighted by molar-refractivity contribution is 0.388. The minimum atomic E-state index is -3.10. The number of pyridine rings is 2.